The monoisotopic (exact) mass is 1850 g/mol. The Morgan fingerprint density at radius 3 is 1.28 bits per heavy atom. The van der Waals surface area contributed by atoms with Crippen LogP contribution in [0, 0.1) is 28.2 Å². The molecule has 30 heteroatoms. The molecule has 0 unspecified atom stereocenters. The van der Waals surface area contributed by atoms with Crippen molar-refractivity contribution in [1.82, 2.24) is 9.80 Å². The van der Waals surface area contributed by atoms with E-state index in [1.807, 2.05) is 156 Å². The largest absolute Gasteiger partial charge is 1.00 e. The molecule has 7 aromatic rings. The Bertz CT molecular complexity index is 5010. The Labute approximate surface area is 763 Å². The molecule has 3 aliphatic heterocycles. The number of allylic oxidation sites excluding steroid dienone is 2. The van der Waals surface area contributed by atoms with Gasteiger partial charge in [0.1, 0.15) is 41.0 Å². The number of nitrogens with zero attached hydrogens (tertiary/aromatic N) is 2. The van der Waals surface area contributed by atoms with Crippen LogP contribution in [0.2, 0.25) is 0 Å². The number of carbonyl (C=O) groups excluding carboxylic acids is 6. The minimum Gasteiger partial charge on any atom is -0.870 e. The maximum atomic E-state index is 13.5. The maximum Gasteiger partial charge on any atom is 1.00 e. The van der Waals surface area contributed by atoms with Crippen molar-refractivity contribution in [1.29, 1.82) is 0 Å². The third-order valence-electron chi connectivity index (χ3n) is 23.0. The molecule has 0 saturated carbocycles. The molecule has 0 bridgehead atoms. The number of carboxylic acids is 1. The van der Waals surface area contributed by atoms with Crippen molar-refractivity contribution >= 4 is 88.4 Å². The number of hydrogen-bond donors (Lipinski definition) is 1. The van der Waals surface area contributed by atoms with Gasteiger partial charge in [-0.15, -0.1) is 0 Å². The normalized spacial score (nSPS) is 18.1. The van der Waals surface area contributed by atoms with E-state index in [0.717, 1.165) is 144 Å². The number of amides is 2. The van der Waals surface area contributed by atoms with Gasteiger partial charge in [0.2, 0.25) is 0 Å². The number of cyclic esters (lactones) is 2. The van der Waals surface area contributed by atoms with Crippen LogP contribution < -0.4 is 48.0 Å². The predicted molar refractivity (Wildman–Crippen MR) is 477 cm³/mol. The molecule has 3 heterocycles. The molecule has 2 amide bonds. The Morgan fingerprint density at radius 1 is 0.484 bits per heavy atom. The number of methoxy groups -OCH3 is 9. The van der Waals surface area contributed by atoms with Crippen LogP contribution in [0.1, 0.15) is 187 Å². The van der Waals surface area contributed by atoms with E-state index in [4.69, 9.17) is 51.9 Å². The van der Waals surface area contributed by atoms with Gasteiger partial charge < -0.3 is 72.0 Å². The van der Waals surface area contributed by atoms with Crippen molar-refractivity contribution in [3.8, 4) is 28.7 Å². The first-order valence-corrected chi connectivity index (χ1v) is 41.9. The Balaban J connectivity index is 0.000000258. The molecule has 12 rings (SSSR count). The third kappa shape index (κ3) is 28.2. The first-order valence-electron chi connectivity index (χ1n) is 40.9. The van der Waals surface area contributed by atoms with Crippen LogP contribution in [0.15, 0.2) is 151 Å². The van der Waals surface area contributed by atoms with Crippen molar-refractivity contribution in [2.45, 2.75) is 195 Å². The molecule has 2 aliphatic carbocycles. The standard InChI is InChI=1S/C31H36F3NO5.C29H35NO5.C16H23BO5.C10H11IO3.C10H12O3.Li.H2O/c1-18-11-21(15-23(12-18)31(32,33)34)28-19(2)35(29(37)40-28)17-22-16-30(3,4)10-9-24(22)25-13-20(14-27(36)39-6)7-8-26(25)38-5;1-18-7-6-8-21(13-18)27-19(2)30(28(33)35-27)17-22-16-29(3,4)12-11-23(22)24-14-20(15-26(31)32)9-10-25(24)34-5;1-15(2)16(3,4)22-17(21-15)12-9-11(10-14(18)20-6)7-8-13(12)19-5;1-13-9-4-3-7(5-8(9)11)6-10(12)14-2;1-12-9-5-3-8(4-6-9)7-10(11)13-2;;/h7-8,11-13,15,19,28H,9-10,14,16-17H2,1-6H3;6-10,13-14,19,27H,11-12,15-17H2,1-5H3,(H,31,32);7-9H,10H2,1-6H3;3-5H,6H2,1-2H3;3-6H,7H2,1-2H3;;1H2/q;;;;;+1;/p-1/t19-,28-;19-,27-;;;;;/m00...../s1. The van der Waals surface area contributed by atoms with E-state index in [-0.39, 0.29) is 103 Å². The van der Waals surface area contributed by atoms with Crippen molar-refractivity contribution in [3.63, 3.8) is 0 Å². The molecule has 7 aromatic carbocycles. The van der Waals surface area contributed by atoms with E-state index in [9.17, 15) is 51.8 Å². The second-order valence-corrected chi connectivity index (χ2v) is 35.0. The molecule has 5 aliphatic rings. The van der Waals surface area contributed by atoms with E-state index < -0.39 is 54.3 Å². The number of halogens is 4. The van der Waals surface area contributed by atoms with Gasteiger partial charge in [-0.2, -0.15) is 13.2 Å². The first kappa shape index (κ1) is 105. The summed E-state index contributed by atoms with van der Waals surface area (Å²) < 4.78 is 111. The van der Waals surface area contributed by atoms with Gasteiger partial charge in [-0.05, 0) is 255 Å². The number of ether oxygens (including phenoxy) is 11. The molecule has 0 spiro atoms. The molecule has 0 aromatic heterocycles. The minimum absolute atomic E-state index is 0. The van der Waals surface area contributed by atoms with Crippen LogP contribution in [-0.4, -0.2) is 170 Å². The fourth-order valence-corrected chi connectivity index (χ4v) is 16.2. The topological polar surface area (TPSA) is 296 Å². The van der Waals surface area contributed by atoms with E-state index in [1.165, 1.54) is 34.0 Å². The number of aliphatic carboxylic acids is 1. The van der Waals surface area contributed by atoms with Crippen LogP contribution in [0.5, 0.6) is 28.7 Å². The summed E-state index contributed by atoms with van der Waals surface area (Å²) in [7, 11) is 13.0. The van der Waals surface area contributed by atoms with Crippen LogP contribution in [-0.2, 0) is 100.0 Å². The molecule has 3 fully saturated rings. The fourth-order valence-electron chi connectivity index (χ4n) is 15.4. The second kappa shape index (κ2) is 46.1. The Hall–Kier alpha value is -10.0. The minimum atomic E-state index is -4.50. The van der Waals surface area contributed by atoms with Gasteiger partial charge in [-0.25, -0.2) is 9.59 Å². The van der Waals surface area contributed by atoms with Gasteiger partial charge in [-0.1, -0.05) is 112 Å². The number of esters is 4. The summed E-state index contributed by atoms with van der Waals surface area (Å²) in [6, 6.07) is 41.0. The number of rotatable bonds is 24. The average Bonchev–Trinajstić information content (AvgIpc) is 1.60. The third-order valence-corrected chi connectivity index (χ3v) is 23.8. The average molecular weight is 1850 g/mol. The zero-order valence-corrected chi connectivity index (χ0v) is 78.5. The van der Waals surface area contributed by atoms with E-state index in [0.29, 0.717) is 42.0 Å². The number of benzene rings is 7. The SMILES string of the molecule is COC(=O)Cc1ccc(OC)c(B2OC(C)(C)C(C)(C)O2)c1.COC(=O)Cc1ccc(OC)c(C2=C(CN3C(=O)O[C@H](c4cc(C)cc(C(F)(F)F)c4)[C@@H]3C)CC(C)(C)CC2)c1.COC(=O)Cc1ccc(OC)c(I)c1.COC(=O)Cc1ccc(OC)cc1.COc1ccc(CC(=O)O)cc1C1=C(CN2C(=O)O[C@H](c3cccc(C)c3)[C@@H]2C)CC(C)(C)CC1.[Li+].[OH-]. The molecular formula is C96H118BF3ILiN2O22. The number of alkyl halides is 3. The molecule has 2 N–H and O–H groups in total. The summed E-state index contributed by atoms with van der Waals surface area (Å²) in [5, 5.41) is 9.30. The van der Waals surface area contributed by atoms with Gasteiger partial charge in [0.25, 0.3) is 0 Å². The molecular weight excluding hydrogens is 1730 g/mol. The predicted octanol–water partition coefficient (Wildman–Crippen LogP) is 15.4. The van der Waals surface area contributed by atoms with E-state index in [2.05, 4.69) is 65.8 Å². The van der Waals surface area contributed by atoms with E-state index >= 15 is 0 Å². The molecule has 676 valence electrons. The smallest absolute Gasteiger partial charge is 0.870 e. The van der Waals surface area contributed by atoms with Crippen LogP contribution in [0.3, 0.4) is 0 Å². The first-order chi connectivity index (χ1) is 58.4. The molecule has 4 atom stereocenters. The molecule has 24 nitrogen and oxygen atoms in total. The number of hydrogen-bond acceptors (Lipinski definition) is 21. The summed E-state index contributed by atoms with van der Waals surface area (Å²) in [4.78, 5) is 86.2. The number of carboxylic acid groups (broad SMARTS) is 1. The summed E-state index contributed by atoms with van der Waals surface area (Å²) in [6.07, 6.45) is -0.534. The van der Waals surface area contributed by atoms with Crippen molar-refractivity contribution in [2.75, 3.05) is 77.1 Å². The van der Waals surface area contributed by atoms with Gasteiger partial charge in [0, 0.05) is 29.7 Å². The Morgan fingerprint density at radius 2 is 0.873 bits per heavy atom. The molecule has 3 saturated heterocycles. The maximum absolute atomic E-state index is 13.5. The van der Waals surface area contributed by atoms with Crippen molar-refractivity contribution in [3.05, 3.63) is 221 Å². The van der Waals surface area contributed by atoms with Gasteiger partial charge in [0.15, 0.2) is 0 Å². The molecule has 0 radical (unpaired) electrons. The summed E-state index contributed by atoms with van der Waals surface area (Å²) in [5.41, 5.74) is 12.6. The number of aryl methyl sites for hydroxylation is 2. The van der Waals surface area contributed by atoms with Gasteiger partial charge >= 0.3 is 74.2 Å². The zero-order valence-electron chi connectivity index (χ0n) is 76.3. The van der Waals surface area contributed by atoms with Crippen LogP contribution in [0.25, 0.3) is 11.1 Å². The summed E-state index contributed by atoms with van der Waals surface area (Å²) in [5.74, 6) is 1.70. The van der Waals surface area contributed by atoms with Crippen LogP contribution in [0.4, 0.5) is 22.8 Å². The second-order valence-electron chi connectivity index (χ2n) is 33.9. The molecule has 126 heavy (non-hydrogen) atoms. The van der Waals surface area contributed by atoms with E-state index in [1.54, 1.807) is 66.4 Å². The summed E-state index contributed by atoms with van der Waals surface area (Å²) >= 11 is 2.17. The summed E-state index contributed by atoms with van der Waals surface area (Å²) in [6.45, 7) is 25.1. The van der Waals surface area contributed by atoms with Crippen LogP contribution >= 0.6 is 22.6 Å². The van der Waals surface area contributed by atoms with Crippen molar-refractivity contribution in [2.24, 2.45) is 10.8 Å². The van der Waals surface area contributed by atoms with Gasteiger partial charge in [-0.3, -0.25) is 33.8 Å². The number of carbonyl (C=O) groups is 7. The fraction of sp³-hybridized carbons (Fsp3) is 0.448. The van der Waals surface area contributed by atoms with Gasteiger partial charge in [0.05, 0.1) is 129 Å². The Kier molecular flexibility index (Phi) is 38.3. The zero-order chi connectivity index (χ0) is 91.5. The quantitative estimate of drug-likeness (QED) is 0.0254. The van der Waals surface area contributed by atoms with Crippen molar-refractivity contribution < 1.29 is 138 Å².